The van der Waals surface area contributed by atoms with Crippen LogP contribution in [0, 0.1) is 12.8 Å². The smallest absolute Gasteiger partial charge is 0.230 e. The number of nitrogens with zero attached hydrogens (tertiary/aromatic N) is 3. The van der Waals surface area contributed by atoms with E-state index in [1.54, 1.807) is 18.5 Å². The predicted molar refractivity (Wildman–Crippen MR) is 70.5 cm³/mol. The number of pyridine rings is 1. The van der Waals surface area contributed by atoms with Crippen molar-refractivity contribution in [3.63, 3.8) is 0 Å². The molecule has 3 rings (SSSR count). The van der Waals surface area contributed by atoms with Crippen LogP contribution in [0.1, 0.15) is 23.6 Å². The molecule has 1 N–H and O–H groups in total. The van der Waals surface area contributed by atoms with Crippen LogP contribution < -0.4 is 5.32 Å². The van der Waals surface area contributed by atoms with E-state index in [1.165, 1.54) is 0 Å². The maximum atomic E-state index is 12.1. The molecule has 0 spiro atoms. The monoisotopic (exact) mass is 254 g/mol. The molecule has 1 aliphatic carbocycles. The molecule has 1 fully saturated rings. The predicted octanol–water partition coefficient (Wildman–Crippen LogP) is 1.92. The molecule has 19 heavy (non-hydrogen) atoms. The number of anilines is 1. The summed E-state index contributed by atoms with van der Waals surface area (Å²) in [5.41, 5.74) is 1.96. The first-order valence-electron chi connectivity index (χ1n) is 6.24. The fourth-order valence-corrected chi connectivity index (χ4v) is 2.16. The number of nitrogens with one attached hydrogen (secondary N) is 1. The van der Waals surface area contributed by atoms with Crippen molar-refractivity contribution in [1.29, 1.82) is 0 Å². The van der Waals surface area contributed by atoms with E-state index in [4.69, 9.17) is 0 Å². The molecule has 1 aliphatic rings. The van der Waals surface area contributed by atoms with Crippen LogP contribution in [0.4, 0.5) is 5.95 Å². The fraction of sp³-hybridized carbons (Fsp3) is 0.286. The second-order valence-corrected chi connectivity index (χ2v) is 4.75. The molecule has 2 heterocycles. The Kier molecular flexibility index (Phi) is 2.95. The van der Waals surface area contributed by atoms with Crippen LogP contribution in [-0.4, -0.2) is 20.9 Å². The van der Waals surface area contributed by atoms with Crippen molar-refractivity contribution in [2.45, 2.75) is 19.3 Å². The number of aromatic nitrogens is 3. The highest BCUT2D eigenvalue weighted by atomic mass is 16.2. The molecule has 5 nitrogen and oxygen atoms in total. The first kappa shape index (κ1) is 11.8. The largest absolute Gasteiger partial charge is 0.294 e. The lowest BCUT2D eigenvalue weighted by atomic mass is 10.1. The molecule has 2 atom stereocenters. The lowest BCUT2D eigenvalue weighted by Gasteiger charge is -2.03. The van der Waals surface area contributed by atoms with E-state index in [0.29, 0.717) is 5.95 Å². The summed E-state index contributed by atoms with van der Waals surface area (Å²) in [6, 6.07) is 5.70. The molecule has 96 valence electrons. The summed E-state index contributed by atoms with van der Waals surface area (Å²) in [6.07, 6.45) is 6.06. The van der Waals surface area contributed by atoms with E-state index >= 15 is 0 Å². The normalized spacial score (nSPS) is 20.9. The van der Waals surface area contributed by atoms with Gasteiger partial charge in [-0.2, -0.15) is 0 Å². The Labute approximate surface area is 111 Å². The van der Waals surface area contributed by atoms with Gasteiger partial charge in [0.05, 0.1) is 0 Å². The number of carbonyl (C=O) groups excluding carboxylic acids is 1. The highest BCUT2D eigenvalue weighted by Crippen LogP contribution is 2.47. The van der Waals surface area contributed by atoms with Crippen molar-refractivity contribution in [2.75, 3.05) is 5.32 Å². The Morgan fingerprint density at radius 2 is 2.26 bits per heavy atom. The molecule has 2 aromatic rings. The van der Waals surface area contributed by atoms with Crippen LogP contribution in [0.2, 0.25) is 0 Å². The Morgan fingerprint density at radius 1 is 1.37 bits per heavy atom. The third-order valence-electron chi connectivity index (χ3n) is 3.27. The summed E-state index contributed by atoms with van der Waals surface area (Å²) < 4.78 is 0. The summed E-state index contributed by atoms with van der Waals surface area (Å²) >= 11 is 0. The molecule has 5 heteroatoms. The van der Waals surface area contributed by atoms with Crippen molar-refractivity contribution < 1.29 is 4.79 Å². The zero-order valence-electron chi connectivity index (χ0n) is 10.6. The van der Waals surface area contributed by atoms with Gasteiger partial charge in [0.25, 0.3) is 0 Å². The molecule has 0 saturated heterocycles. The topological polar surface area (TPSA) is 67.8 Å². The Morgan fingerprint density at radius 3 is 3.00 bits per heavy atom. The number of amides is 1. The molecule has 1 saturated carbocycles. The van der Waals surface area contributed by atoms with Crippen LogP contribution in [0.15, 0.2) is 36.8 Å². The van der Waals surface area contributed by atoms with Gasteiger partial charge in [0, 0.05) is 30.2 Å². The van der Waals surface area contributed by atoms with Gasteiger partial charge >= 0.3 is 0 Å². The highest BCUT2D eigenvalue weighted by Gasteiger charge is 2.44. The quantitative estimate of drug-likeness (QED) is 0.908. The van der Waals surface area contributed by atoms with Crippen molar-refractivity contribution >= 4 is 11.9 Å². The van der Waals surface area contributed by atoms with Crippen molar-refractivity contribution in [1.82, 2.24) is 15.0 Å². The lowest BCUT2D eigenvalue weighted by Crippen LogP contribution is -2.16. The van der Waals surface area contributed by atoms with E-state index < -0.39 is 0 Å². The summed E-state index contributed by atoms with van der Waals surface area (Å²) in [4.78, 5) is 24.3. The molecule has 0 radical (unpaired) electrons. The molecule has 0 aliphatic heterocycles. The minimum atomic E-state index is -0.0144. The van der Waals surface area contributed by atoms with E-state index in [1.807, 2.05) is 25.3 Å². The van der Waals surface area contributed by atoms with Crippen molar-refractivity contribution in [3.05, 3.63) is 48.0 Å². The molecular weight excluding hydrogens is 240 g/mol. The first-order valence-corrected chi connectivity index (χ1v) is 6.24. The lowest BCUT2D eigenvalue weighted by molar-refractivity contribution is -0.117. The zero-order valence-corrected chi connectivity index (χ0v) is 10.6. The maximum Gasteiger partial charge on any atom is 0.230 e. The summed E-state index contributed by atoms with van der Waals surface area (Å²) in [6.45, 7) is 1.87. The van der Waals surface area contributed by atoms with E-state index in [0.717, 1.165) is 17.7 Å². The Bertz CT molecular complexity index is 599. The van der Waals surface area contributed by atoms with Gasteiger partial charge in [-0.1, -0.05) is 6.07 Å². The zero-order chi connectivity index (χ0) is 13.2. The van der Waals surface area contributed by atoms with Crippen LogP contribution >= 0.6 is 0 Å². The second kappa shape index (κ2) is 4.76. The van der Waals surface area contributed by atoms with Crippen LogP contribution in [0.5, 0.6) is 0 Å². The Balaban J connectivity index is 1.64. The van der Waals surface area contributed by atoms with Gasteiger partial charge in [0.15, 0.2) is 0 Å². The van der Waals surface area contributed by atoms with Gasteiger partial charge in [0.1, 0.15) is 0 Å². The minimum Gasteiger partial charge on any atom is -0.294 e. The summed E-state index contributed by atoms with van der Waals surface area (Å²) in [5, 5.41) is 2.76. The standard InChI is InChI=1S/C14H14N4O/c1-9-4-6-16-14(17-9)18-13(19)12-7-11(12)10-3-2-5-15-8-10/h2-6,8,11-12H,7H2,1H3,(H,16,17,18,19)/t11-,12+/m1/s1. The number of rotatable bonds is 3. The number of hydrogen-bond acceptors (Lipinski definition) is 4. The molecule has 2 aromatic heterocycles. The third-order valence-corrected chi connectivity index (χ3v) is 3.27. The molecule has 0 unspecified atom stereocenters. The molecule has 0 bridgehead atoms. The second-order valence-electron chi connectivity index (χ2n) is 4.75. The van der Waals surface area contributed by atoms with Crippen LogP contribution in [0.3, 0.4) is 0 Å². The van der Waals surface area contributed by atoms with Gasteiger partial charge in [-0.15, -0.1) is 0 Å². The van der Waals surface area contributed by atoms with Crippen LogP contribution in [-0.2, 0) is 4.79 Å². The van der Waals surface area contributed by atoms with Gasteiger partial charge in [-0.3, -0.25) is 15.1 Å². The molecular formula is C14H14N4O. The number of aryl methyl sites for hydroxylation is 1. The summed E-state index contributed by atoms with van der Waals surface area (Å²) in [5.74, 6) is 0.646. The fourth-order valence-electron chi connectivity index (χ4n) is 2.16. The minimum absolute atomic E-state index is 0.00770. The van der Waals surface area contributed by atoms with Gasteiger partial charge in [-0.25, -0.2) is 9.97 Å². The maximum absolute atomic E-state index is 12.1. The average molecular weight is 254 g/mol. The number of carbonyl (C=O) groups is 1. The van der Waals surface area contributed by atoms with Crippen LogP contribution in [0.25, 0.3) is 0 Å². The van der Waals surface area contributed by atoms with E-state index in [9.17, 15) is 4.79 Å². The van der Waals surface area contributed by atoms with E-state index in [-0.39, 0.29) is 17.7 Å². The number of hydrogen-bond donors (Lipinski definition) is 1. The third kappa shape index (κ3) is 2.59. The van der Waals surface area contributed by atoms with Crippen molar-refractivity contribution in [2.24, 2.45) is 5.92 Å². The molecule has 1 amide bonds. The van der Waals surface area contributed by atoms with E-state index in [2.05, 4.69) is 20.3 Å². The van der Waals surface area contributed by atoms with Gasteiger partial charge in [0.2, 0.25) is 11.9 Å². The highest BCUT2D eigenvalue weighted by molar-refractivity contribution is 5.93. The van der Waals surface area contributed by atoms with Gasteiger partial charge < -0.3 is 0 Å². The SMILES string of the molecule is Cc1ccnc(NC(=O)[C@H]2C[C@@H]2c2cccnc2)n1. The molecule has 0 aromatic carbocycles. The van der Waals surface area contributed by atoms with Crippen molar-refractivity contribution in [3.8, 4) is 0 Å². The Hall–Kier alpha value is -2.30. The van der Waals surface area contributed by atoms with Gasteiger partial charge in [-0.05, 0) is 37.0 Å². The first-order chi connectivity index (χ1) is 9.24. The summed E-state index contributed by atoms with van der Waals surface area (Å²) in [7, 11) is 0. The average Bonchev–Trinajstić information content (AvgIpc) is 3.20.